The average molecular weight is 426 g/mol. The fourth-order valence-corrected chi connectivity index (χ4v) is 4.67. The van der Waals surface area contributed by atoms with Crippen LogP contribution >= 0.6 is 0 Å². The molecule has 1 heterocycles. The molecule has 158 valence electrons. The number of aromatic nitrogens is 2. The fraction of sp³-hybridized carbons (Fsp3) is 0.364. The maximum Gasteiger partial charge on any atom is 0.225 e. The van der Waals surface area contributed by atoms with Gasteiger partial charge in [0, 0.05) is 17.1 Å². The molecule has 0 radical (unpaired) electrons. The van der Waals surface area contributed by atoms with Crippen molar-refractivity contribution >= 4 is 38.4 Å². The van der Waals surface area contributed by atoms with Gasteiger partial charge in [-0.25, -0.2) is 18.5 Å². The van der Waals surface area contributed by atoms with Gasteiger partial charge in [-0.3, -0.25) is 0 Å². The number of sulfonamides is 1. The van der Waals surface area contributed by atoms with Crippen LogP contribution < -0.4 is 15.8 Å². The van der Waals surface area contributed by atoms with Gasteiger partial charge in [-0.2, -0.15) is 4.98 Å². The van der Waals surface area contributed by atoms with E-state index < -0.39 is 10.0 Å². The Hall–Kier alpha value is -2.71. The molecule has 1 aliphatic rings. The summed E-state index contributed by atoms with van der Waals surface area (Å²) in [5.41, 5.74) is 1.86. The zero-order valence-corrected chi connectivity index (χ0v) is 17.6. The molecule has 1 saturated carbocycles. The predicted octanol–water partition coefficient (Wildman–Crippen LogP) is 4.02. The van der Waals surface area contributed by atoms with Crippen molar-refractivity contribution in [1.29, 1.82) is 0 Å². The standard InChI is InChI=1S/C22H27N5O2S/c23-30(28,29)15-14-16-10-12-18(13-11-16)25-22-26-20-9-5-4-8-19(20)21(27-22)24-17-6-2-1-3-7-17/h1-9,16,18H,10-15H2,(H2,23,28,29)(H2,24,25,26,27)/t16-,18-. The van der Waals surface area contributed by atoms with E-state index in [1.165, 1.54) is 0 Å². The number of primary sulfonamides is 1. The van der Waals surface area contributed by atoms with Crippen molar-refractivity contribution < 1.29 is 8.42 Å². The highest BCUT2D eigenvalue weighted by Gasteiger charge is 2.23. The van der Waals surface area contributed by atoms with E-state index in [4.69, 9.17) is 15.1 Å². The minimum Gasteiger partial charge on any atom is -0.351 e. The van der Waals surface area contributed by atoms with E-state index >= 15 is 0 Å². The Labute approximate surface area is 177 Å². The molecule has 0 atom stereocenters. The summed E-state index contributed by atoms with van der Waals surface area (Å²) in [5.74, 6) is 1.86. The summed E-state index contributed by atoms with van der Waals surface area (Å²) in [4.78, 5) is 9.45. The molecule has 8 heteroatoms. The van der Waals surface area contributed by atoms with Crippen LogP contribution in [-0.4, -0.2) is 30.2 Å². The van der Waals surface area contributed by atoms with E-state index in [2.05, 4.69) is 10.6 Å². The number of nitrogens with one attached hydrogen (secondary N) is 2. The van der Waals surface area contributed by atoms with Crippen LogP contribution in [0.2, 0.25) is 0 Å². The number of para-hydroxylation sites is 2. The van der Waals surface area contributed by atoms with Crippen LogP contribution in [0.1, 0.15) is 32.1 Å². The third-order valence-electron chi connectivity index (χ3n) is 5.63. The molecule has 0 amide bonds. The van der Waals surface area contributed by atoms with E-state index in [-0.39, 0.29) is 11.8 Å². The van der Waals surface area contributed by atoms with E-state index in [0.717, 1.165) is 48.1 Å². The van der Waals surface area contributed by atoms with Gasteiger partial charge < -0.3 is 10.6 Å². The zero-order valence-electron chi connectivity index (χ0n) is 16.8. The summed E-state index contributed by atoms with van der Waals surface area (Å²) in [6.07, 6.45) is 4.54. The lowest BCUT2D eigenvalue weighted by atomic mass is 9.84. The molecule has 4 rings (SSSR count). The lowest BCUT2D eigenvalue weighted by molar-refractivity contribution is 0.330. The van der Waals surface area contributed by atoms with E-state index in [1.54, 1.807) is 0 Å². The third kappa shape index (κ3) is 5.46. The summed E-state index contributed by atoms with van der Waals surface area (Å²) < 4.78 is 22.4. The summed E-state index contributed by atoms with van der Waals surface area (Å²) in [5, 5.41) is 13.0. The Morgan fingerprint density at radius 1 is 0.933 bits per heavy atom. The fourth-order valence-electron chi connectivity index (χ4n) is 4.00. The molecule has 3 aromatic rings. The Balaban J connectivity index is 1.46. The first-order valence-electron chi connectivity index (χ1n) is 10.3. The van der Waals surface area contributed by atoms with Crippen molar-refractivity contribution in [2.45, 2.75) is 38.1 Å². The van der Waals surface area contributed by atoms with Gasteiger partial charge in [-0.15, -0.1) is 0 Å². The van der Waals surface area contributed by atoms with Gasteiger partial charge in [-0.1, -0.05) is 30.3 Å². The molecule has 1 aliphatic carbocycles. The van der Waals surface area contributed by atoms with Crippen molar-refractivity contribution in [1.82, 2.24) is 9.97 Å². The van der Waals surface area contributed by atoms with Gasteiger partial charge in [0.2, 0.25) is 16.0 Å². The second-order valence-corrected chi connectivity index (χ2v) is 9.66. The minimum atomic E-state index is -3.38. The van der Waals surface area contributed by atoms with Crippen LogP contribution in [0.4, 0.5) is 17.5 Å². The predicted molar refractivity (Wildman–Crippen MR) is 121 cm³/mol. The second kappa shape index (κ2) is 8.97. The molecular formula is C22H27N5O2S. The number of nitrogens with zero attached hydrogens (tertiary/aromatic N) is 2. The number of rotatable bonds is 7. The van der Waals surface area contributed by atoms with Crippen LogP contribution in [-0.2, 0) is 10.0 Å². The number of anilines is 3. The first kappa shape index (κ1) is 20.6. The SMILES string of the molecule is NS(=O)(=O)CC[C@H]1CC[C@H](Nc2nc(Nc3ccccc3)c3ccccc3n2)CC1. The Kier molecular flexibility index (Phi) is 6.15. The number of fused-ring (bicyclic) bond motifs is 1. The molecule has 2 aromatic carbocycles. The Bertz CT molecular complexity index is 1100. The molecule has 0 spiro atoms. The molecule has 30 heavy (non-hydrogen) atoms. The number of hydrogen-bond acceptors (Lipinski definition) is 6. The van der Waals surface area contributed by atoms with Gasteiger partial charge in [-0.05, 0) is 62.3 Å². The molecule has 1 fully saturated rings. The lowest BCUT2D eigenvalue weighted by Crippen LogP contribution is -2.28. The van der Waals surface area contributed by atoms with Gasteiger partial charge in [0.15, 0.2) is 0 Å². The molecule has 0 bridgehead atoms. The topological polar surface area (TPSA) is 110 Å². The van der Waals surface area contributed by atoms with E-state index in [9.17, 15) is 8.42 Å². The molecule has 1 aromatic heterocycles. The average Bonchev–Trinajstić information content (AvgIpc) is 2.73. The first-order chi connectivity index (χ1) is 14.5. The highest BCUT2D eigenvalue weighted by Crippen LogP contribution is 2.30. The normalized spacial score (nSPS) is 19.5. The highest BCUT2D eigenvalue weighted by atomic mass is 32.2. The van der Waals surface area contributed by atoms with Gasteiger partial charge in [0.1, 0.15) is 5.82 Å². The second-order valence-electron chi connectivity index (χ2n) is 7.92. The lowest BCUT2D eigenvalue weighted by Gasteiger charge is -2.29. The first-order valence-corrected chi connectivity index (χ1v) is 12.0. The van der Waals surface area contributed by atoms with Crippen molar-refractivity contribution in [3.63, 3.8) is 0 Å². The van der Waals surface area contributed by atoms with Crippen LogP contribution in [0.3, 0.4) is 0 Å². The van der Waals surface area contributed by atoms with Crippen LogP contribution in [0.15, 0.2) is 54.6 Å². The van der Waals surface area contributed by atoms with Crippen LogP contribution in [0.5, 0.6) is 0 Å². The Morgan fingerprint density at radius 2 is 1.63 bits per heavy atom. The van der Waals surface area contributed by atoms with Gasteiger partial charge in [0.05, 0.1) is 11.3 Å². The molecule has 0 aliphatic heterocycles. The summed E-state index contributed by atoms with van der Waals surface area (Å²) in [6.45, 7) is 0. The third-order valence-corrected chi connectivity index (χ3v) is 6.44. The molecule has 0 unspecified atom stereocenters. The van der Waals surface area contributed by atoms with E-state index in [1.807, 2.05) is 54.6 Å². The van der Waals surface area contributed by atoms with Gasteiger partial charge in [0.25, 0.3) is 0 Å². The summed E-state index contributed by atoms with van der Waals surface area (Å²) >= 11 is 0. The molecule has 7 nitrogen and oxygen atoms in total. The maximum absolute atomic E-state index is 11.2. The number of hydrogen-bond donors (Lipinski definition) is 3. The van der Waals surface area contributed by atoms with Crippen LogP contribution in [0.25, 0.3) is 10.9 Å². The van der Waals surface area contributed by atoms with Crippen molar-refractivity contribution in [2.75, 3.05) is 16.4 Å². The minimum absolute atomic E-state index is 0.0675. The summed E-state index contributed by atoms with van der Waals surface area (Å²) in [6, 6.07) is 18.2. The monoisotopic (exact) mass is 425 g/mol. The largest absolute Gasteiger partial charge is 0.351 e. The number of nitrogens with two attached hydrogens (primary N) is 1. The molecular weight excluding hydrogens is 398 g/mol. The van der Waals surface area contributed by atoms with Crippen LogP contribution in [0, 0.1) is 5.92 Å². The maximum atomic E-state index is 11.2. The quantitative estimate of drug-likeness (QED) is 0.527. The van der Waals surface area contributed by atoms with Crippen molar-refractivity contribution in [3.8, 4) is 0 Å². The zero-order chi connectivity index (χ0) is 21.0. The van der Waals surface area contributed by atoms with E-state index in [0.29, 0.717) is 18.3 Å². The Morgan fingerprint density at radius 3 is 2.37 bits per heavy atom. The number of benzene rings is 2. The van der Waals surface area contributed by atoms with Crippen molar-refractivity contribution in [3.05, 3.63) is 54.6 Å². The van der Waals surface area contributed by atoms with Crippen molar-refractivity contribution in [2.24, 2.45) is 11.1 Å². The summed E-state index contributed by atoms with van der Waals surface area (Å²) in [7, 11) is -3.38. The highest BCUT2D eigenvalue weighted by molar-refractivity contribution is 7.89. The smallest absolute Gasteiger partial charge is 0.225 e. The molecule has 4 N–H and O–H groups in total. The van der Waals surface area contributed by atoms with Gasteiger partial charge >= 0.3 is 0 Å². The molecule has 0 saturated heterocycles.